The maximum Gasteiger partial charge on any atom is 0.153 e. The van der Waals surface area contributed by atoms with Crippen molar-refractivity contribution >= 4 is 0 Å². The minimum Gasteiger partial charge on any atom is -0.323 e. The highest BCUT2D eigenvalue weighted by Crippen LogP contribution is 2.30. The molecule has 1 saturated carbocycles. The number of aromatic nitrogens is 5. The first-order chi connectivity index (χ1) is 12.6. The van der Waals surface area contributed by atoms with E-state index in [0.29, 0.717) is 12.6 Å². The lowest BCUT2D eigenvalue weighted by Gasteiger charge is -2.24. The summed E-state index contributed by atoms with van der Waals surface area (Å²) in [7, 11) is 0. The largest absolute Gasteiger partial charge is 0.323 e. The van der Waals surface area contributed by atoms with Gasteiger partial charge < -0.3 is 9.13 Å². The molecule has 0 saturated heterocycles. The molecule has 2 aromatic heterocycles. The molecule has 0 radical (unpaired) electrons. The second-order valence-corrected chi connectivity index (χ2v) is 7.58. The second kappa shape index (κ2) is 7.06. The van der Waals surface area contributed by atoms with E-state index in [1.807, 2.05) is 18.7 Å². The fraction of sp³-hybridized carbons (Fsp3) is 0.476. The average Bonchev–Trinajstić information content (AvgIpc) is 3.29. The molecule has 0 unspecified atom stereocenters. The Bertz CT molecular complexity index is 899. The van der Waals surface area contributed by atoms with E-state index in [2.05, 4.69) is 57.2 Å². The molecule has 1 aromatic carbocycles. The summed E-state index contributed by atoms with van der Waals surface area (Å²) in [5, 5.41) is 8.62. The number of rotatable bonds is 4. The van der Waals surface area contributed by atoms with E-state index < -0.39 is 0 Å². The normalized spacial score (nSPS) is 15.5. The highest BCUT2D eigenvalue weighted by molar-refractivity contribution is 5.62. The van der Waals surface area contributed by atoms with Crippen LogP contribution in [0.15, 0.2) is 30.9 Å². The Morgan fingerprint density at radius 3 is 2.58 bits per heavy atom. The molecule has 0 N–H and O–H groups in total. The van der Waals surface area contributed by atoms with Gasteiger partial charge >= 0.3 is 0 Å². The Hall–Kier alpha value is -2.43. The van der Waals surface area contributed by atoms with Crippen LogP contribution in [0, 0.1) is 20.8 Å². The SMILES string of the molecule is Cc1cc(C)c(-c2nccn2Cc2nncn2C2CCCCC2)cc1C. The lowest BCUT2D eigenvalue weighted by atomic mass is 9.95. The molecule has 0 spiro atoms. The van der Waals surface area contributed by atoms with Crippen molar-refractivity contribution in [1.82, 2.24) is 24.3 Å². The van der Waals surface area contributed by atoms with Crippen molar-refractivity contribution in [2.45, 2.75) is 65.5 Å². The van der Waals surface area contributed by atoms with Gasteiger partial charge in [0.15, 0.2) is 5.82 Å². The van der Waals surface area contributed by atoms with E-state index in [1.165, 1.54) is 54.4 Å². The van der Waals surface area contributed by atoms with Gasteiger partial charge in [0.05, 0.1) is 6.54 Å². The third-order valence-electron chi connectivity index (χ3n) is 5.72. The summed E-state index contributed by atoms with van der Waals surface area (Å²) in [6, 6.07) is 5.04. The number of hydrogen-bond donors (Lipinski definition) is 0. The van der Waals surface area contributed by atoms with E-state index in [4.69, 9.17) is 0 Å². The molecule has 1 aliphatic carbocycles. The van der Waals surface area contributed by atoms with Crippen LogP contribution in [0.2, 0.25) is 0 Å². The molecule has 0 aliphatic heterocycles. The quantitative estimate of drug-likeness (QED) is 0.690. The summed E-state index contributed by atoms with van der Waals surface area (Å²) in [5.74, 6) is 2.03. The van der Waals surface area contributed by atoms with E-state index in [1.54, 1.807) is 0 Å². The summed E-state index contributed by atoms with van der Waals surface area (Å²) in [6.07, 6.45) is 12.3. The lowest BCUT2D eigenvalue weighted by Crippen LogP contribution is -2.17. The predicted molar refractivity (Wildman–Crippen MR) is 103 cm³/mol. The summed E-state index contributed by atoms with van der Waals surface area (Å²) >= 11 is 0. The molecule has 4 rings (SSSR count). The molecule has 5 heteroatoms. The molecule has 1 aliphatic rings. The van der Waals surface area contributed by atoms with Crippen molar-refractivity contribution in [3.63, 3.8) is 0 Å². The number of nitrogens with zero attached hydrogens (tertiary/aromatic N) is 5. The summed E-state index contributed by atoms with van der Waals surface area (Å²) in [6.45, 7) is 7.18. The van der Waals surface area contributed by atoms with Crippen LogP contribution in [0.4, 0.5) is 0 Å². The molecule has 136 valence electrons. The van der Waals surface area contributed by atoms with Crippen LogP contribution < -0.4 is 0 Å². The topological polar surface area (TPSA) is 48.5 Å². The third kappa shape index (κ3) is 3.18. The smallest absolute Gasteiger partial charge is 0.153 e. The fourth-order valence-electron chi connectivity index (χ4n) is 4.08. The van der Waals surface area contributed by atoms with Gasteiger partial charge in [-0.05, 0) is 56.4 Å². The van der Waals surface area contributed by atoms with Crippen molar-refractivity contribution < 1.29 is 0 Å². The van der Waals surface area contributed by atoms with Gasteiger partial charge in [0, 0.05) is 24.0 Å². The fourth-order valence-corrected chi connectivity index (χ4v) is 4.08. The molecular formula is C21H27N5. The van der Waals surface area contributed by atoms with Crippen molar-refractivity contribution in [1.29, 1.82) is 0 Å². The molecule has 2 heterocycles. The monoisotopic (exact) mass is 349 g/mol. The first-order valence-electron chi connectivity index (χ1n) is 9.61. The first kappa shape index (κ1) is 17.0. The van der Waals surface area contributed by atoms with Crippen LogP contribution >= 0.6 is 0 Å². The molecule has 1 fully saturated rings. The average molecular weight is 349 g/mol. The zero-order valence-corrected chi connectivity index (χ0v) is 15.9. The number of imidazole rings is 1. The lowest BCUT2D eigenvalue weighted by molar-refractivity contribution is 0.343. The van der Waals surface area contributed by atoms with Gasteiger partial charge in [-0.3, -0.25) is 0 Å². The van der Waals surface area contributed by atoms with E-state index in [9.17, 15) is 0 Å². The van der Waals surface area contributed by atoms with Gasteiger partial charge in [-0.15, -0.1) is 10.2 Å². The Balaban J connectivity index is 1.65. The molecule has 0 amide bonds. The molecule has 0 bridgehead atoms. The first-order valence-corrected chi connectivity index (χ1v) is 9.61. The molecular weight excluding hydrogens is 322 g/mol. The van der Waals surface area contributed by atoms with Gasteiger partial charge in [0.2, 0.25) is 0 Å². The van der Waals surface area contributed by atoms with Gasteiger partial charge in [-0.1, -0.05) is 25.3 Å². The molecule has 3 aromatic rings. The minimum atomic E-state index is 0.545. The van der Waals surface area contributed by atoms with Gasteiger partial charge in [0.25, 0.3) is 0 Å². The summed E-state index contributed by atoms with van der Waals surface area (Å²) < 4.78 is 4.48. The van der Waals surface area contributed by atoms with Crippen LogP contribution in [0.25, 0.3) is 11.4 Å². The zero-order chi connectivity index (χ0) is 18.1. The predicted octanol–water partition coefficient (Wildman–Crippen LogP) is 4.62. The number of hydrogen-bond acceptors (Lipinski definition) is 3. The van der Waals surface area contributed by atoms with E-state index >= 15 is 0 Å². The molecule has 26 heavy (non-hydrogen) atoms. The van der Waals surface area contributed by atoms with Crippen molar-refractivity contribution in [3.8, 4) is 11.4 Å². The van der Waals surface area contributed by atoms with Crippen LogP contribution in [0.5, 0.6) is 0 Å². The standard InChI is InChI=1S/C21H27N5/c1-15-11-17(3)19(12-16(15)2)21-22-9-10-25(21)13-20-24-23-14-26(20)18-7-5-4-6-8-18/h9-12,14,18H,4-8,13H2,1-3H3. The second-order valence-electron chi connectivity index (χ2n) is 7.58. The van der Waals surface area contributed by atoms with E-state index in [0.717, 1.165) is 11.6 Å². The Morgan fingerprint density at radius 2 is 1.77 bits per heavy atom. The zero-order valence-electron chi connectivity index (χ0n) is 15.9. The Morgan fingerprint density at radius 1 is 1.00 bits per heavy atom. The van der Waals surface area contributed by atoms with Crippen LogP contribution in [0.1, 0.15) is 60.7 Å². The van der Waals surface area contributed by atoms with Crippen molar-refractivity contribution in [3.05, 3.63) is 53.4 Å². The highest BCUT2D eigenvalue weighted by atomic mass is 15.3. The van der Waals surface area contributed by atoms with Crippen molar-refractivity contribution in [2.75, 3.05) is 0 Å². The van der Waals surface area contributed by atoms with Crippen LogP contribution in [0.3, 0.4) is 0 Å². The third-order valence-corrected chi connectivity index (χ3v) is 5.72. The number of aryl methyl sites for hydroxylation is 3. The van der Waals surface area contributed by atoms with Gasteiger partial charge in [0.1, 0.15) is 12.2 Å². The molecule has 0 atom stereocenters. The number of benzene rings is 1. The van der Waals surface area contributed by atoms with Crippen LogP contribution in [-0.4, -0.2) is 24.3 Å². The van der Waals surface area contributed by atoms with E-state index in [-0.39, 0.29) is 0 Å². The maximum atomic E-state index is 4.65. The van der Waals surface area contributed by atoms with Gasteiger partial charge in [-0.2, -0.15) is 0 Å². The van der Waals surface area contributed by atoms with Crippen molar-refractivity contribution in [2.24, 2.45) is 0 Å². The minimum absolute atomic E-state index is 0.545. The molecule has 5 nitrogen and oxygen atoms in total. The maximum absolute atomic E-state index is 4.65. The Labute approximate surface area is 155 Å². The van der Waals surface area contributed by atoms with Crippen LogP contribution in [-0.2, 0) is 6.54 Å². The summed E-state index contributed by atoms with van der Waals surface area (Å²) in [4.78, 5) is 4.65. The highest BCUT2D eigenvalue weighted by Gasteiger charge is 2.19. The van der Waals surface area contributed by atoms with Gasteiger partial charge in [-0.25, -0.2) is 4.98 Å². The summed E-state index contributed by atoms with van der Waals surface area (Å²) in [5.41, 5.74) is 5.07. The Kier molecular flexibility index (Phi) is 4.62.